The molecule has 1 fully saturated rings. The van der Waals surface area contributed by atoms with E-state index in [-0.39, 0.29) is 44.2 Å². The van der Waals surface area contributed by atoms with E-state index < -0.39 is 24.2 Å². The van der Waals surface area contributed by atoms with Gasteiger partial charge in [-0.15, -0.1) is 0 Å². The monoisotopic (exact) mass is 446 g/mol. The maximum absolute atomic E-state index is 13.0. The van der Waals surface area contributed by atoms with Crippen molar-refractivity contribution in [2.75, 3.05) is 40.0 Å². The fourth-order valence-corrected chi connectivity index (χ4v) is 4.80. The Morgan fingerprint density at radius 1 is 1.31 bits per heavy atom. The molecule has 2 amide bonds. The first-order chi connectivity index (χ1) is 15.5. The molecule has 1 aliphatic carbocycles. The Balaban J connectivity index is 1.71. The number of hydrogen-bond donors (Lipinski definition) is 3. The number of ether oxygens (including phenoxy) is 3. The fourth-order valence-electron chi connectivity index (χ4n) is 4.80. The zero-order chi connectivity index (χ0) is 22.7. The summed E-state index contributed by atoms with van der Waals surface area (Å²) in [6, 6.07) is 6.59. The highest BCUT2D eigenvalue weighted by molar-refractivity contribution is 5.96. The number of rotatable bonds is 8. The smallest absolute Gasteiger partial charge is 0.249 e. The van der Waals surface area contributed by atoms with Crippen LogP contribution in [-0.4, -0.2) is 91.3 Å². The second-order valence-electron chi connectivity index (χ2n) is 8.29. The van der Waals surface area contributed by atoms with Gasteiger partial charge >= 0.3 is 0 Å². The number of methoxy groups -OCH3 is 1. The number of hydrogen-bond acceptors (Lipinski definition) is 7. The maximum atomic E-state index is 13.0. The lowest BCUT2D eigenvalue weighted by molar-refractivity contribution is -0.143. The minimum atomic E-state index is -1.05. The first-order valence-corrected chi connectivity index (χ1v) is 11.0. The van der Waals surface area contributed by atoms with Crippen molar-refractivity contribution in [1.29, 1.82) is 0 Å². The van der Waals surface area contributed by atoms with Gasteiger partial charge < -0.3 is 34.6 Å². The Kier molecular flexibility index (Phi) is 7.10. The molecule has 0 unspecified atom stereocenters. The number of nitrogens with one attached hydrogen (secondary N) is 1. The Bertz CT molecular complexity index is 868. The molecular formula is C23H30N2O7. The van der Waals surface area contributed by atoms with Gasteiger partial charge in [0.2, 0.25) is 11.8 Å². The van der Waals surface area contributed by atoms with E-state index in [1.54, 1.807) is 12.1 Å². The van der Waals surface area contributed by atoms with Crippen molar-refractivity contribution < 1.29 is 34.0 Å². The molecule has 3 aliphatic rings. The van der Waals surface area contributed by atoms with Crippen LogP contribution in [0.1, 0.15) is 24.3 Å². The van der Waals surface area contributed by atoms with E-state index >= 15 is 0 Å². The Labute approximate surface area is 186 Å². The number of nitrogens with zero attached hydrogens (tertiary/aromatic N) is 1. The van der Waals surface area contributed by atoms with Crippen LogP contribution in [0.5, 0.6) is 5.75 Å². The molecule has 1 saturated heterocycles. The molecular weight excluding hydrogens is 416 g/mol. The van der Waals surface area contributed by atoms with Gasteiger partial charge in [-0.2, -0.15) is 0 Å². The summed E-state index contributed by atoms with van der Waals surface area (Å²) in [5, 5.41) is 23.2. The van der Waals surface area contributed by atoms with Crippen molar-refractivity contribution in [3.8, 4) is 5.75 Å². The van der Waals surface area contributed by atoms with Gasteiger partial charge in [-0.3, -0.25) is 9.59 Å². The molecule has 1 aromatic carbocycles. The molecule has 0 radical (unpaired) electrons. The van der Waals surface area contributed by atoms with E-state index in [0.717, 1.165) is 18.4 Å². The van der Waals surface area contributed by atoms with E-state index in [9.17, 15) is 14.7 Å². The minimum Gasteiger partial charge on any atom is -0.486 e. The summed E-state index contributed by atoms with van der Waals surface area (Å²) in [5.41, 5.74) is 1.22. The molecule has 5 atom stereocenters. The van der Waals surface area contributed by atoms with Gasteiger partial charge in [-0.25, -0.2) is 0 Å². The van der Waals surface area contributed by atoms with Gasteiger partial charge in [0.15, 0.2) is 0 Å². The molecule has 3 N–H and O–H groups in total. The number of benzene rings is 1. The third-order valence-corrected chi connectivity index (χ3v) is 6.25. The predicted octanol–water partition coefficient (Wildman–Crippen LogP) is -0.0368. The van der Waals surface area contributed by atoms with Crippen molar-refractivity contribution in [1.82, 2.24) is 10.2 Å². The van der Waals surface area contributed by atoms with Crippen molar-refractivity contribution in [3.63, 3.8) is 0 Å². The SMILES string of the molecule is COCC(=O)N(C[C@@H]1CCCO1)[C@@H]1C=C(C(=O)NCCO)[C@@H]2c3ccccc3O[C@@H]2[C@H]1O. The van der Waals surface area contributed by atoms with Gasteiger partial charge in [-0.1, -0.05) is 18.2 Å². The first kappa shape index (κ1) is 22.7. The van der Waals surface area contributed by atoms with Crippen molar-refractivity contribution in [2.24, 2.45) is 0 Å². The van der Waals surface area contributed by atoms with E-state index in [1.807, 2.05) is 18.2 Å². The Morgan fingerprint density at radius 3 is 2.84 bits per heavy atom. The molecule has 4 rings (SSSR count). The quantitative estimate of drug-likeness (QED) is 0.513. The van der Waals surface area contributed by atoms with Gasteiger partial charge in [-0.05, 0) is 25.0 Å². The molecule has 0 aromatic heterocycles. The molecule has 0 spiro atoms. The lowest BCUT2D eigenvalue weighted by atomic mass is 9.77. The zero-order valence-electron chi connectivity index (χ0n) is 18.1. The summed E-state index contributed by atoms with van der Waals surface area (Å²) in [7, 11) is 1.44. The molecule has 9 nitrogen and oxygen atoms in total. The molecule has 1 aromatic rings. The van der Waals surface area contributed by atoms with Gasteiger partial charge in [0.25, 0.3) is 0 Å². The number of aliphatic hydroxyl groups is 2. The predicted molar refractivity (Wildman–Crippen MR) is 114 cm³/mol. The number of para-hydroxylation sites is 1. The van der Waals surface area contributed by atoms with Crippen molar-refractivity contribution in [3.05, 3.63) is 41.5 Å². The standard InChI is InChI=1S/C23H30N2O7/c1-30-13-19(27)25(12-14-5-4-10-31-14)17-11-16(23(29)24-8-9-26)20-15-6-2-3-7-18(15)32-22(20)21(17)28/h2-3,6-7,11,14,17,20-22,26,28H,4-5,8-10,12-13H2,1H3,(H,24,29)/t14-,17+,20-,21-,22-/m0/s1. The number of carbonyl (C=O) groups is 2. The summed E-state index contributed by atoms with van der Waals surface area (Å²) in [5.74, 6) is -0.523. The highest BCUT2D eigenvalue weighted by atomic mass is 16.5. The number of carbonyl (C=O) groups excluding carboxylic acids is 2. The minimum absolute atomic E-state index is 0.103. The number of amides is 2. The highest BCUT2D eigenvalue weighted by Gasteiger charge is 2.50. The molecule has 0 bridgehead atoms. The van der Waals surface area contributed by atoms with E-state index in [4.69, 9.17) is 19.3 Å². The van der Waals surface area contributed by atoms with Crippen LogP contribution in [0.25, 0.3) is 0 Å². The summed E-state index contributed by atoms with van der Waals surface area (Å²) >= 11 is 0. The molecule has 32 heavy (non-hydrogen) atoms. The third kappa shape index (κ3) is 4.38. The lowest BCUT2D eigenvalue weighted by Crippen LogP contribution is -2.57. The van der Waals surface area contributed by atoms with Crippen LogP contribution >= 0.6 is 0 Å². The highest BCUT2D eigenvalue weighted by Crippen LogP contribution is 2.47. The van der Waals surface area contributed by atoms with E-state index in [2.05, 4.69) is 5.32 Å². The van der Waals surface area contributed by atoms with Crippen LogP contribution in [0.15, 0.2) is 35.9 Å². The van der Waals surface area contributed by atoms with Gasteiger partial charge in [0.05, 0.1) is 24.7 Å². The molecule has 174 valence electrons. The van der Waals surface area contributed by atoms with Crippen LogP contribution in [0.3, 0.4) is 0 Å². The van der Waals surface area contributed by atoms with Gasteiger partial charge in [0, 0.05) is 37.9 Å². The van der Waals surface area contributed by atoms with E-state index in [0.29, 0.717) is 17.9 Å². The van der Waals surface area contributed by atoms with Crippen molar-refractivity contribution in [2.45, 2.75) is 43.1 Å². The van der Waals surface area contributed by atoms with Gasteiger partial charge in [0.1, 0.15) is 24.6 Å². The summed E-state index contributed by atoms with van der Waals surface area (Å²) < 4.78 is 16.9. The van der Waals surface area contributed by atoms with Crippen LogP contribution < -0.4 is 10.1 Å². The van der Waals surface area contributed by atoms with Crippen LogP contribution in [0.4, 0.5) is 0 Å². The summed E-state index contributed by atoms with van der Waals surface area (Å²) in [6.07, 6.45) is 1.48. The van der Waals surface area contributed by atoms with Crippen LogP contribution in [-0.2, 0) is 19.1 Å². The van der Waals surface area contributed by atoms with E-state index in [1.165, 1.54) is 12.0 Å². The average Bonchev–Trinajstić information content (AvgIpc) is 3.45. The Morgan fingerprint density at radius 2 is 2.12 bits per heavy atom. The molecule has 0 saturated carbocycles. The van der Waals surface area contributed by atoms with Crippen LogP contribution in [0, 0.1) is 0 Å². The van der Waals surface area contributed by atoms with Crippen LogP contribution in [0.2, 0.25) is 0 Å². The third-order valence-electron chi connectivity index (χ3n) is 6.25. The van der Waals surface area contributed by atoms with Crippen molar-refractivity contribution >= 4 is 11.8 Å². The normalized spacial score (nSPS) is 28.3. The maximum Gasteiger partial charge on any atom is 0.249 e. The first-order valence-electron chi connectivity index (χ1n) is 11.0. The second-order valence-corrected chi connectivity index (χ2v) is 8.29. The summed E-state index contributed by atoms with van der Waals surface area (Å²) in [6.45, 7) is 0.689. The zero-order valence-corrected chi connectivity index (χ0v) is 18.1. The second kappa shape index (κ2) is 9.99. The topological polar surface area (TPSA) is 118 Å². The molecule has 9 heteroatoms. The molecule has 2 heterocycles. The average molecular weight is 447 g/mol. The summed E-state index contributed by atoms with van der Waals surface area (Å²) in [4.78, 5) is 27.5. The number of aliphatic hydroxyl groups excluding tert-OH is 2. The Hall–Kier alpha value is -2.46. The number of fused-ring (bicyclic) bond motifs is 3. The fraction of sp³-hybridized carbons (Fsp3) is 0.565. The largest absolute Gasteiger partial charge is 0.486 e. The molecule has 2 aliphatic heterocycles. The lowest BCUT2D eigenvalue weighted by Gasteiger charge is -2.41.